The zero-order valence-corrected chi connectivity index (χ0v) is 14.5. The standard InChI is InChI=1S/C14H10Br2Cl2O/c15-7-9-6-10(4-5-12(9)16)19-8-11-13(17)2-1-3-14(11)18/h1-6H,7-8H2. The van der Waals surface area contributed by atoms with Crippen molar-refractivity contribution < 1.29 is 4.74 Å². The van der Waals surface area contributed by atoms with E-state index in [2.05, 4.69) is 31.9 Å². The first-order valence-electron chi connectivity index (χ1n) is 5.52. The highest BCUT2D eigenvalue weighted by molar-refractivity contribution is 9.10. The molecule has 0 heterocycles. The summed E-state index contributed by atoms with van der Waals surface area (Å²) in [7, 11) is 0. The Kier molecular flexibility index (Phi) is 5.58. The number of halogens is 4. The number of rotatable bonds is 4. The maximum absolute atomic E-state index is 6.10. The number of alkyl halides is 1. The van der Waals surface area contributed by atoms with Gasteiger partial charge in [0, 0.05) is 25.4 Å². The lowest BCUT2D eigenvalue weighted by molar-refractivity contribution is 0.306. The highest BCUT2D eigenvalue weighted by Gasteiger charge is 2.07. The van der Waals surface area contributed by atoms with Crippen LogP contribution in [0.4, 0.5) is 0 Å². The minimum Gasteiger partial charge on any atom is -0.489 e. The van der Waals surface area contributed by atoms with Crippen molar-refractivity contribution in [2.45, 2.75) is 11.9 Å². The van der Waals surface area contributed by atoms with Crippen LogP contribution in [-0.4, -0.2) is 0 Å². The molecular weight excluding hydrogens is 415 g/mol. The molecule has 0 saturated heterocycles. The Labute approximate surface area is 139 Å². The van der Waals surface area contributed by atoms with E-state index in [-0.39, 0.29) is 0 Å². The summed E-state index contributed by atoms with van der Waals surface area (Å²) in [5.41, 5.74) is 1.93. The lowest BCUT2D eigenvalue weighted by atomic mass is 10.2. The summed E-state index contributed by atoms with van der Waals surface area (Å²) in [6.45, 7) is 0.349. The minimum absolute atomic E-state index is 0.349. The molecule has 2 aromatic carbocycles. The molecule has 0 saturated carbocycles. The number of hydrogen-bond donors (Lipinski definition) is 0. The molecule has 2 aromatic rings. The molecule has 0 spiro atoms. The Bertz CT molecular complexity index is 567. The molecule has 0 unspecified atom stereocenters. The van der Waals surface area contributed by atoms with Gasteiger partial charge in [0.2, 0.25) is 0 Å². The van der Waals surface area contributed by atoms with E-state index >= 15 is 0 Å². The third-order valence-corrected chi connectivity index (χ3v) is 4.69. The summed E-state index contributed by atoms with van der Waals surface area (Å²) < 4.78 is 6.79. The van der Waals surface area contributed by atoms with Crippen molar-refractivity contribution in [3.8, 4) is 5.75 Å². The van der Waals surface area contributed by atoms with Crippen molar-refractivity contribution in [2.24, 2.45) is 0 Å². The van der Waals surface area contributed by atoms with Crippen LogP contribution >= 0.6 is 55.1 Å². The van der Waals surface area contributed by atoms with Crippen LogP contribution in [0.2, 0.25) is 10.0 Å². The van der Waals surface area contributed by atoms with E-state index in [1.165, 1.54) is 0 Å². The second-order valence-electron chi connectivity index (χ2n) is 3.88. The predicted octanol–water partition coefficient (Wildman–Crippen LogP) is 6.23. The maximum atomic E-state index is 6.10. The molecule has 100 valence electrons. The molecule has 1 nitrogen and oxygen atoms in total. The fraction of sp³-hybridized carbons (Fsp3) is 0.143. The van der Waals surface area contributed by atoms with Crippen molar-refractivity contribution in [3.05, 3.63) is 62.0 Å². The van der Waals surface area contributed by atoms with E-state index < -0.39 is 0 Å². The van der Waals surface area contributed by atoms with E-state index in [9.17, 15) is 0 Å². The van der Waals surface area contributed by atoms with Crippen LogP contribution in [0.15, 0.2) is 40.9 Å². The van der Waals surface area contributed by atoms with Crippen molar-refractivity contribution in [2.75, 3.05) is 0 Å². The number of ether oxygens (including phenoxy) is 1. The highest BCUT2D eigenvalue weighted by atomic mass is 79.9. The summed E-state index contributed by atoms with van der Waals surface area (Å²) in [5, 5.41) is 1.99. The molecule has 0 bridgehead atoms. The van der Waals surface area contributed by atoms with Gasteiger partial charge in [-0.1, -0.05) is 61.1 Å². The lowest BCUT2D eigenvalue weighted by Gasteiger charge is -2.11. The van der Waals surface area contributed by atoms with Gasteiger partial charge in [-0.15, -0.1) is 0 Å². The monoisotopic (exact) mass is 422 g/mol. The summed E-state index contributed by atoms with van der Waals surface area (Å²) in [6, 6.07) is 11.3. The molecule has 0 amide bonds. The van der Waals surface area contributed by atoms with Crippen LogP contribution in [0.3, 0.4) is 0 Å². The zero-order valence-electron chi connectivity index (χ0n) is 9.80. The molecule has 0 aliphatic heterocycles. The smallest absolute Gasteiger partial charge is 0.120 e. The SMILES string of the molecule is Clc1cccc(Cl)c1COc1ccc(Br)c(CBr)c1. The molecule has 0 atom stereocenters. The molecule has 5 heteroatoms. The van der Waals surface area contributed by atoms with Crippen LogP contribution in [-0.2, 0) is 11.9 Å². The fourth-order valence-electron chi connectivity index (χ4n) is 1.57. The first kappa shape index (κ1) is 15.2. The van der Waals surface area contributed by atoms with Gasteiger partial charge >= 0.3 is 0 Å². The molecular formula is C14H10Br2Cl2O. The molecule has 0 N–H and O–H groups in total. The molecule has 0 aromatic heterocycles. The summed E-state index contributed by atoms with van der Waals surface area (Å²) >= 11 is 19.1. The van der Waals surface area contributed by atoms with Gasteiger partial charge in [-0.2, -0.15) is 0 Å². The summed E-state index contributed by atoms with van der Waals surface area (Å²) in [6.07, 6.45) is 0. The van der Waals surface area contributed by atoms with Crippen molar-refractivity contribution in [1.29, 1.82) is 0 Å². The molecule has 0 aliphatic rings. The van der Waals surface area contributed by atoms with Gasteiger partial charge < -0.3 is 4.74 Å². The second kappa shape index (κ2) is 6.98. The van der Waals surface area contributed by atoms with Gasteiger partial charge in [0.25, 0.3) is 0 Å². The lowest BCUT2D eigenvalue weighted by Crippen LogP contribution is -1.98. The van der Waals surface area contributed by atoms with E-state index in [4.69, 9.17) is 27.9 Å². The van der Waals surface area contributed by atoms with Gasteiger partial charge in [-0.25, -0.2) is 0 Å². The summed E-state index contributed by atoms with van der Waals surface area (Å²) in [5.74, 6) is 0.786. The first-order chi connectivity index (χ1) is 9.11. The average Bonchev–Trinajstić information content (AvgIpc) is 2.40. The van der Waals surface area contributed by atoms with Crippen LogP contribution < -0.4 is 4.74 Å². The van der Waals surface area contributed by atoms with Crippen LogP contribution in [0.25, 0.3) is 0 Å². The Morgan fingerprint density at radius 2 is 1.74 bits per heavy atom. The normalized spacial score (nSPS) is 10.5. The Hall–Kier alpha value is -0.220. The Balaban J connectivity index is 2.15. The minimum atomic E-state index is 0.349. The Morgan fingerprint density at radius 3 is 2.37 bits per heavy atom. The van der Waals surface area contributed by atoms with Crippen LogP contribution in [0.5, 0.6) is 5.75 Å². The third-order valence-electron chi connectivity index (χ3n) is 2.61. The zero-order chi connectivity index (χ0) is 13.8. The summed E-state index contributed by atoms with van der Waals surface area (Å²) in [4.78, 5) is 0. The van der Waals surface area contributed by atoms with Gasteiger partial charge in [-0.3, -0.25) is 0 Å². The molecule has 0 fully saturated rings. The van der Waals surface area contributed by atoms with Gasteiger partial charge in [0.15, 0.2) is 0 Å². The van der Waals surface area contributed by atoms with Crippen LogP contribution in [0.1, 0.15) is 11.1 Å². The van der Waals surface area contributed by atoms with Crippen molar-refractivity contribution in [3.63, 3.8) is 0 Å². The molecule has 0 aliphatic carbocycles. The largest absolute Gasteiger partial charge is 0.489 e. The maximum Gasteiger partial charge on any atom is 0.120 e. The average molecular weight is 425 g/mol. The first-order valence-corrected chi connectivity index (χ1v) is 8.19. The highest BCUT2D eigenvalue weighted by Crippen LogP contribution is 2.28. The molecule has 2 rings (SSSR count). The molecule has 0 radical (unpaired) electrons. The van der Waals surface area contributed by atoms with Gasteiger partial charge in [0.1, 0.15) is 12.4 Å². The van der Waals surface area contributed by atoms with Gasteiger partial charge in [0.05, 0.1) is 0 Å². The fourth-order valence-corrected chi connectivity index (χ4v) is 3.30. The van der Waals surface area contributed by atoms with Crippen LogP contribution in [0, 0.1) is 0 Å². The van der Waals surface area contributed by atoms with E-state index in [0.29, 0.717) is 16.7 Å². The topological polar surface area (TPSA) is 9.23 Å². The number of hydrogen-bond acceptors (Lipinski definition) is 1. The van der Waals surface area contributed by atoms with Gasteiger partial charge in [-0.05, 0) is 35.9 Å². The van der Waals surface area contributed by atoms with E-state index in [1.807, 2.05) is 24.3 Å². The third kappa shape index (κ3) is 3.88. The van der Waals surface area contributed by atoms with Crippen molar-refractivity contribution in [1.82, 2.24) is 0 Å². The predicted molar refractivity (Wildman–Crippen MR) is 87.6 cm³/mol. The van der Waals surface area contributed by atoms with E-state index in [0.717, 1.165) is 26.7 Å². The Morgan fingerprint density at radius 1 is 1.05 bits per heavy atom. The number of benzene rings is 2. The van der Waals surface area contributed by atoms with E-state index in [1.54, 1.807) is 12.1 Å². The van der Waals surface area contributed by atoms with Crippen molar-refractivity contribution >= 4 is 55.1 Å². The quantitative estimate of drug-likeness (QED) is 0.528. The second-order valence-corrected chi connectivity index (χ2v) is 6.11. The molecule has 19 heavy (non-hydrogen) atoms.